The number of rotatable bonds is 8. The van der Waals surface area contributed by atoms with E-state index in [9.17, 15) is 4.79 Å². The number of hydrogen-bond acceptors (Lipinski definition) is 3. The van der Waals surface area contributed by atoms with Crippen LogP contribution >= 0.6 is 0 Å². The van der Waals surface area contributed by atoms with Crippen LogP contribution in [0.1, 0.15) is 18.9 Å². The highest BCUT2D eigenvalue weighted by molar-refractivity contribution is 5.89. The lowest BCUT2D eigenvalue weighted by Crippen LogP contribution is -2.37. The second kappa shape index (κ2) is 9.57. The van der Waals surface area contributed by atoms with Crippen LogP contribution < -0.4 is 10.1 Å². The van der Waals surface area contributed by atoms with Crippen molar-refractivity contribution in [3.8, 4) is 5.75 Å². The van der Waals surface area contributed by atoms with E-state index in [-0.39, 0.29) is 12.6 Å². The fraction of sp³-hybridized carbons (Fsp3) is 0.316. The van der Waals surface area contributed by atoms with Gasteiger partial charge in [0, 0.05) is 18.8 Å². The molecule has 0 aromatic heterocycles. The highest BCUT2D eigenvalue weighted by Gasteiger charge is 2.11. The molecule has 2 rings (SSSR count). The number of benzene rings is 2. The van der Waals surface area contributed by atoms with E-state index in [0.717, 1.165) is 23.4 Å². The second-order valence-electron chi connectivity index (χ2n) is 5.44. The monoisotopic (exact) mass is 328 g/mol. The van der Waals surface area contributed by atoms with Crippen LogP contribution in [-0.2, 0) is 6.61 Å². The molecule has 0 aliphatic heterocycles. The Morgan fingerprint density at radius 3 is 2.42 bits per heavy atom. The normalized spacial score (nSPS) is 10.2. The summed E-state index contributed by atoms with van der Waals surface area (Å²) in [5.74, 6) is 0.828. The zero-order chi connectivity index (χ0) is 17.2. The molecule has 0 spiro atoms. The number of nitrogens with one attached hydrogen (secondary N) is 1. The van der Waals surface area contributed by atoms with Gasteiger partial charge >= 0.3 is 6.03 Å². The topological polar surface area (TPSA) is 61.8 Å². The number of carbonyl (C=O) groups is 1. The summed E-state index contributed by atoms with van der Waals surface area (Å²) in [4.78, 5) is 13.8. The Kier molecular flexibility index (Phi) is 7.11. The van der Waals surface area contributed by atoms with Crippen LogP contribution in [0.3, 0.4) is 0 Å². The van der Waals surface area contributed by atoms with Gasteiger partial charge in [-0.1, -0.05) is 37.3 Å². The fourth-order valence-electron chi connectivity index (χ4n) is 2.28. The fourth-order valence-corrected chi connectivity index (χ4v) is 2.28. The number of ether oxygens (including phenoxy) is 1. The summed E-state index contributed by atoms with van der Waals surface area (Å²) in [5, 5.41) is 11.9. The number of carbonyl (C=O) groups excluding carboxylic acids is 1. The Bertz CT molecular complexity index is 608. The summed E-state index contributed by atoms with van der Waals surface area (Å²) in [5.41, 5.74) is 1.75. The predicted molar refractivity (Wildman–Crippen MR) is 95.2 cm³/mol. The van der Waals surface area contributed by atoms with E-state index in [1.807, 2.05) is 61.5 Å². The molecule has 5 heteroatoms. The van der Waals surface area contributed by atoms with Crippen molar-refractivity contribution in [3.05, 3.63) is 60.2 Å². The summed E-state index contributed by atoms with van der Waals surface area (Å²) in [6.45, 7) is 3.39. The van der Waals surface area contributed by atoms with Gasteiger partial charge < -0.3 is 20.1 Å². The summed E-state index contributed by atoms with van der Waals surface area (Å²) >= 11 is 0. The minimum Gasteiger partial charge on any atom is -0.489 e. The number of para-hydroxylation sites is 1. The zero-order valence-electron chi connectivity index (χ0n) is 13.9. The average molecular weight is 328 g/mol. The molecule has 0 radical (unpaired) electrons. The summed E-state index contributed by atoms with van der Waals surface area (Å²) in [7, 11) is 0. The molecule has 0 atom stereocenters. The van der Waals surface area contributed by atoms with Crippen molar-refractivity contribution in [2.45, 2.75) is 20.0 Å². The van der Waals surface area contributed by atoms with E-state index in [0.29, 0.717) is 19.7 Å². The first kappa shape index (κ1) is 17.8. The third kappa shape index (κ3) is 5.59. The Balaban J connectivity index is 1.88. The highest BCUT2D eigenvalue weighted by atomic mass is 16.5. The molecule has 2 aromatic carbocycles. The van der Waals surface area contributed by atoms with Crippen molar-refractivity contribution in [2.75, 3.05) is 25.0 Å². The van der Waals surface area contributed by atoms with Gasteiger partial charge in [-0.3, -0.25) is 0 Å². The molecule has 0 saturated heterocycles. The van der Waals surface area contributed by atoms with Crippen LogP contribution in [0.4, 0.5) is 10.5 Å². The Hall–Kier alpha value is -2.53. The Labute approximate surface area is 142 Å². The number of anilines is 1. The lowest BCUT2D eigenvalue weighted by molar-refractivity contribution is 0.188. The van der Waals surface area contributed by atoms with Crippen molar-refractivity contribution in [1.29, 1.82) is 0 Å². The smallest absolute Gasteiger partial charge is 0.321 e. The molecule has 0 fully saturated rings. The van der Waals surface area contributed by atoms with Crippen LogP contribution in [0, 0.1) is 0 Å². The van der Waals surface area contributed by atoms with Crippen molar-refractivity contribution in [3.63, 3.8) is 0 Å². The molecule has 0 unspecified atom stereocenters. The maximum atomic E-state index is 12.2. The van der Waals surface area contributed by atoms with Gasteiger partial charge in [0.1, 0.15) is 12.4 Å². The van der Waals surface area contributed by atoms with E-state index >= 15 is 0 Å². The summed E-state index contributed by atoms with van der Waals surface area (Å²) in [6, 6.07) is 17.0. The van der Waals surface area contributed by atoms with Crippen LogP contribution in [0.25, 0.3) is 0 Å². The molecule has 24 heavy (non-hydrogen) atoms. The molecule has 2 aromatic rings. The Morgan fingerprint density at radius 2 is 1.79 bits per heavy atom. The van der Waals surface area contributed by atoms with E-state index in [1.165, 1.54) is 0 Å². The molecular formula is C19H24N2O3. The second-order valence-corrected chi connectivity index (χ2v) is 5.44. The van der Waals surface area contributed by atoms with E-state index in [1.54, 1.807) is 4.90 Å². The highest BCUT2D eigenvalue weighted by Crippen LogP contribution is 2.14. The summed E-state index contributed by atoms with van der Waals surface area (Å²) < 4.78 is 5.69. The van der Waals surface area contributed by atoms with Crippen LogP contribution in [0.2, 0.25) is 0 Å². The maximum absolute atomic E-state index is 12.2. The number of hydrogen-bond donors (Lipinski definition) is 2. The molecule has 2 N–H and O–H groups in total. The standard InChI is InChI=1S/C19H24N2O3/c1-2-12-21(13-14-22)19(23)20-17-10-8-16(9-11-17)15-24-18-6-4-3-5-7-18/h3-11,22H,2,12-15H2,1H3,(H,20,23). The maximum Gasteiger partial charge on any atom is 0.321 e. The molecule has 0 heterocycles. The lowest BCUT2D eigenvalue weighted by atomic mass is 10.2. The molecule has 0 bridgehead atoms. The third-order valence-electron chi connectivity index (χ3n) is 3.50. The van der Waals surface area contributed by atoms with Crippen LogP contribution in [0.15, 0.2) is 54.6 Å². The average Bonchev–Trinajstić information content (AvgIpc) is 2.62. The van der Waals surface area contributed by atoms with Crippen molar-refractivity contribution in [1.82, 2.24) is 4.90 Å². The number of amides is 2. The molecule has 128 valence electrons. The largest absolute Gasteiger partial charge is 0.489 e. The van der Waals surface area contributed by atoms with Crippen molar-refractivity contribution >= 4 is 11.7 Å². The lowest BCUT2D eigenvalue weighted by Gasteiger charge is -2.21. The minimum absolute atomic E-state index is 0.0385. The number of nitrogens with zero attached hydrogens (tertiary/aromatic N) is 1. The van der Waals surface area contributed by atoms with E-state index in [4.69, 9.17) is 9.84 Å². The SMILES string of the molecule is CCCN(CCO)C(=O)Nc1ccc(COc2ccccc2)cc1. The predicted octanol–water partition coefficient (Wildman–Crippen LogP) is 3.50. The number of aliphatic hydroxyl groups excluding tert-OH is 1. The van der Waals surface area contributed by atoms with Gasteiger partial charge in [-0.2, -0.15) is 0 Å². The first-order valence-electron chi connectivity index (χ1n) is 8.16. The van der Waals surface area contributed by atoms with Crippen LogP contribution in [-0.4, -0.2) is 35.7 Å². The molecule has 0 aliphatic rings. The van der Waals surface area contributed by atoms with Crippen molar-refractivity contribution < 1.29 is 14.6 Å². The summed E-state index contributed by atoms with van der Waals surface area (Å²) in [6.07, 6.45) is 0.850. The van der Waals surface area contributed by atoms with Gasteiger partial charge in [0.2, 0.25) is 0 Å². The van der Waals surface area contributed by atoms with Gasteiger partial charge in [0.05, 0.1) is 6.61 Å². The van der Waals surface area contributed by atoms with E-state index in [2.05, 4.69) is 5.32 Å². The van der Waals surface area contributed by atoms with Gasteiger partial charge in [-0.25, -0.2) is 4.79 Å². The molecular weight excluding hydrogens is 304 g/mol. The van der Waals surface area contributed by atoms with Gasteiger partial charge in [0.15, 0.2) is 0 Å². The van der Waals surface area contributed by atoms with Gasteiger partial charge in [0.25, 0.3) is 0 Å². The number of aliphatic hydroxyl groups is 1. The van der Waals surface area contributed by atoms with Gasteiger partial charge in [-0.15, -0.1) is 0 Å². The third-order valence-corrected chi connectivity index (χ3v) is 3.50. The first-order valence-corrected chi connectivity index (χ1v) is 8.16. The van der Waals surface area contributed by atoms with Crippen molar-refractivity contribution in [2.24, 2.45) is 0 Å². The quantitative estimate of drug-likeness (QED) is 0.779. The molecule has 0 saturated carbocycles. The van der Waals surface area contributed by atoms with Crippen LogP contribution in [0.5, 0.6) is 5.75 Å². The molecule has 5 nitrogen and oxygen atoms in total. The Morgan fingerprint density at radius 1 is 1.08 bits per heavy atom. The minimum atomic E-state index is -0.195. The van der Waals surface area contributed by atoms with Gasteiger partial charge in [-0.05, 0) is 36.2 Å². The zero-order valence-corrected chi connectivity index (χ0v) is 13.9. The molecule has 2 amide bonds. The first-order chi connectivity index (χ1) is 11.7. The molecule has 0 aliphatic carbocycles. The number of urea groups is 1. The van der Waals surface area contributed by atoms with E-state index < -0.39 is 0 Å².